The molecular formula is C22H17N3O6S. The van der Waals surface area contributed by atoms with Crippen LogP contribution in [0.25, 0.3) is 0 Å². The van der Waals surface area contributed by atoms with Crippen molar-refractivity contribution in [3.05, 3.63) is 83.4 Å². The van der Waals surface area contributed by atoms with E-state index in [4.69, 9.17) is 9.88 Å². The zero-order valence-corrected chi connectivity index (χ0v) is 17.3. The van der Waals surface area contributed by atoms with Crippen LogP contribution in [0.5, 0.6) is 5.75 Å². The molecule has 3 aromatic carbocycles. The molecule has 0 saturated carbocycles. The van der Waals surface area contributed by atoms with Crippen molar-refractivity contribution in [1.82, 2.24) is 0 Å². The number of rotatable bonds is 3. The summed E-state index contributed by atoms with van der Waals surface area (Å²) in [6, 6.07) is 16.7. The van der Waals surface area contributed by atoms with E-state index >= 15 is 0 Å². The predicted octanol–water partition coefficient (Wildman–Crippen LogP) is 1.52. The summed E-state index contributed by atoms with van der Waals surface area (Å²) < 4.78 is 29.1. The molecule has 0 spiro atoms. The molecule has 2 aliphatic heterocycles. The summed E-state index contributed by atoms with van der Waals surface area (Å²) in [6.45, 7) is -0.121. The molecule has 1 unspecified atom stereocenters. The quantitative estimate of drug-likeness (QED) is 0.552. The first-order chi connectivity index (χ1) is 15.2. The number of sulfonamides is 1. The zero-order valence-electron chi connectivity index (χ0n) is 16.5. The maximum atomic E-state index is 13.4. The van der Waals surface area contributed by atoms with Gasteiger partial charge in [0.25, 0.3) is 11.8 Å². The molecule has 162 valence electrons. The van der Waals surface area contributed by atoms with Gasteiger partial charge in [-0.25, -0.2) is 13.6 Å². The fraction of sp³-hybridized carbons (Fsp3) is 0.0909. The van der Waals surface area contributed by atoms with Crippen molar-refractivity contribution in [2.45, 2.75) is 10.6 Å². The number of nitrogens with two attached hydrogens (primary N) is 1. The molecule has 5 rings (SSSR count). The highest BCUT2D eigenvalue weighted by Gasteiger charge is 2.51. The molecular weight excluding hydrogens is 434 g/mol. The summed E-state index contributed by atoms with van der Waals surface area (Å²) in [7, 11) is -4.04. The number of aliphatic hydroxyl groups is 1. The molecule has 9 nitrogen and oxygen atoms in total. The van der Waals surface area contributed by atoms with Crippen LogP contribution in [0.15, 0.2) is 71.6 Å². The van der Waals surface area contributed by atoms with E-state index in [1.165, 1.54) is 30.3 Å². The van der Waals surface area contributed by atoms with Gasteiger partial charge in [-0.3, -0.25) is 14.5 Å². The van der Waals surface area contributed by atoms with Crippen molar-refractivity contribution in [2.75, 3.05) is 16.8 Å². The summed E-state index contributed by atoms with van der Waals surface area (Å²) in [5, 5.41) is 20.0. The van der Waals surface area contributed by atoms with Gasteiger partial charge in [0.05, 0.1) is 10.6 Å². The Morgan fingerprint density at radius 2 is 1.81 bits per heavy atom. The summed E-state index contributed by atoms with van der Waals surface area (Å²) in [5.74, 6) is -0.438. The second kappa shape index (κ2) is 6.89. The number of carbonyl (C=O) groups excluding carboxylic acids is 2. The zero-order chi connectivity index (χ0) is 22.7. The minimum atomic E-state index is -4.04. The standard InChI is InChI=1S/C22H17N3O6S/c23-32(29,30)15-5-3-4-14(11-15)25-21(27)16-6-1-2-7-17(16)22(25,28)13-8-9-19-18(10-13)24-20(26)12-31-19/h1-11,28H,12H2,(H,24,26)(H2,23,29,30). The van der Waals surface area contributed by atoms with Crippen molar-refractivity contribution < 1.29 is 27.9 Å². The van der Waals surface area contributed by atoms with Gasteiger partial charge in [-0.05, 0) is 42.5 Å². The number of nitrogens with zero attached hydrogens (tertiary/aromatic N) is 1. The molecule has 32 heavy (non-hydrogen) atoms. The van der Waals surface area contributed by atoms with Crippen LogP contribution in [-0.4, -0.2) is 31.9 Å². The number of nitrogens with one attached hydrogen (secondary N) is 1. The van der Waals surface area contributed by atoms with Crippen LogP contribution in [0.3, 0.4) is 0 Å². The van der Waals surface area contributed by atoms with Crippen molar-refractivity contribution >= 4 is 33.2 Å². The Hall–Kier alpha value is -3.73. The number of amides is 2. The van der Waals surface area contributed by atoms with Crippen LogP contribution in [0.1, 0.15) is 21.5 Å². The number of fused-ring (bicyclic) bond motifs is 2. The lowest BCUT2D eigenvalue weighted by atomic mass is 9.93. The smallest absolute Gasteiger partial charge is 0.262 e. The number of benzene rings is 3. The van der Waals surface area contributed by atoms with Gasteiger partial charge in [-0.1, -0.05) is 24.3 Å². The second-order valence-corrected chi connectivity index (χ2v) is 9.01. The number of carbonyl (C=O) groups is 2. The Morgan fingerprint density at radius 3 is 2.59 bits per heavy atom. The molecule has 0 fully saturated rings. The summed E-state index contributed by atoms with van der Waals surface area (Å²) in [5.41, 5.74) is -0.646. The first-order valence-electron chi connectivity index (χ1n) is 9.56. The van der Waals surface area contributed by atoms with Gasteiger partial charge in [0, 0.05) is 22.4 Å². The van der Waals surface area contributed by atoms with E-state index in [2.05, 4.69) is 5.32 Å². The molecule has 1 atom stereocenters. The van der Waals surface area contributed by atoms with Gasteiger partial charge in [0.15, 0.2) is 12.3 Å². The monoisotopic (exact) mass is 451 g/mol. The third kappa shape index (κ3) is 2.96. The topological polar surface area (TPSA) is 139 Å². The highest BCUT2D eigenvalue weighted by Crippen LogP contribution is 2.46. The third-order valence-electron chi connectivity index (χ3n) is 5.48. The van der Waals surface area contributed by atoms with Crippen molar-refractivity contribution in [3.63, 3.8) is 0 Å². The first-order valence-corrected chi connectivity index (χ1v) is 11.1. The van der Waals surface area contributed by atoms with E-state index in [1.807, 2.05) is 0 Å². The van der Waals surface area contributed by atoms with Crippen LogP contribution in [-0.2, 0) is 20.5 Å². The Bertz CT molecular complexity index is 1400. The molecule has 2 amide bonds. The first kappa shape index (κ1) is 20.2. The van der Waals surface area contributed by atoms with Crippen LogP contribution >= 0.6 is 0 Å². The number of hydrogen-bond donors (Lipinski definition) is 3. The molecule has 3 aromatic rings. The molecule has 10 heteroatoms. The number of ether oxygens (including phenoxy) is 1. The average Bonchev–Trinajstić information content (AvgIpc) is 3.01. The number of anilines is 2. The van der Waals surface area contributed by atoms with Gasteiger partial charge >= 0.3 is 0 Å². The van der Waals surface area contributed by atoms with Crippen LogP contribution < -0.4 is 20.1 Å². The molecule has 0 bridgehead atoms. The largest absolute Gasteiger partial charge is 0.482 e. The Labute approximate surface area is 183 Å². The van der Waals surface area contributed by atoms with Gasteiger partial charge in [-0.15, -0.1) is 0 Å². The van der Waals surface area contributed by atoms with Gasteiger partial charge in [0.1, 0.15) is 5.75 Å². The van der Waals surface area contributed by atoms with E-state index < -0.39 is 21.7 Å². The Kier molecular flexibility index (Phi) is 4.35. The molecule has 0 aliphatic carbocycles. The summed E-state index contributed by atoms with van der Waals surface area (Å²) in [4.78, 5) is 26.1. The minimum Gasteiger partial charge on any atom is -0.482 e. The second-order valence-electron chi connectivity index (χ2n) is 7.45. The average molecular weight is 451 g/mol. The minimum absolute atomic E-state index is 0.121. The van der Waals surface area contributed by atoms with E-state index in [1.54, 1.807) is 36.4 Å². The summed E-state index contributed by atoms with van der Waals surface area (Å²) >= 11 is 0. The molecule has 0 saturated heterocycles. The van der Waals surface area contributed by atoms with Gasteiger partial charge in [-0.2, -0.15) is 0 Å². The van der Waals surface area contributed by atoms with Gasteiger partial charge in [0.2, 0.25) is 10.0 Å². The van der Waals surface area contributed by atoms with E-state index in [-0.39, 0.29) is 34.2 Å². The predicted molar refractivity (Wildman–Crippen MR) is 115 cm³/mol. The Morgan fingerprint density at radius 1 is 1.03 bits per heavy atom. The van der Waals surface area contributed by atoms with E-state index in [0.717, 1.165) is 4.90 Å². The van der Waals surface area contributed by atoms with Crippen molar-refractivity contribution in [3.8, 4) is 5.75 Å². The van der Waals surface area contributed by atoms with E-state index in [9.17, 15) is 23.1 Å². The molecule has 4 N–H and O–H groups in total. The molecule has 0 aromatic heterocycles. The highest BCUT2D eigenvalue weighted by atomic mass is 32.2. The number of hydrogen-bond acceptors (Lipinski definition) is 6. The fourth-order valence-corrected chi connectivity index (χ4v) is 4.60. The fourth-order valence-electron chi connectivity index (χ4n) is 4.05. The van der Waals surface area contributed by atoms with Crippen LogP contribution in [0, 0.1) is 0 Å². The lowest BCUT2D eigenvalue weighted by Crippen LogP contribution is -2.45. The normalized spacial score (nSPS) is 19.8. The van der Waals surface area contributed by atoms with Crippen molar-refractivity contribution in [1.29, 1.82) is 0 Å². The Balaban J connectivity index is 1.74. The summed E-state index contributed by atoms with van der Waals surface area (Å²) in [6.07, 6.45) is 0. The highest BCUT2D eigenvalue weighted by molar-refractivity contribution is 7.89. The molecule has 2 aliphatic rings. The van der Waals surface area contributed by atoms with Crippen LogP contribution in [0.2, 0.25) is 0 Å². The third-order valence-corrected chi connectivity index (χ3v) is 6.39. The van der Waals surface area contributed by atoms with Crippen LogP contribution in [0.4, 0.5) is 11.4 Å². The maximum absolute atomic E-state index is 13.4. The van der Waals surface area contributed by atoms with Crippen molar-refractivity contribution in [2.24, 2.45) is 5.14 Å². The lowest BCUT2D eigenvalue weighted by Gasteiger charge is -2.35. The number of primary sulfonamides is 1. The molecule has 0 radical (unpaired) electrons. The van der Waals surface area contributed by atoms with E-state index in [0.29, 0.717) is 17.0 Å². The maximum Gasteiger partial charge on any atom is 0.262 e. The lowest BCUT2D eigenvalue weighted by molar-refractivity contribution is -0.118. The molecule has 2 heterocycles. The SMILES string of the molecule is NS(=O)(=O)c1cccc(N2C(=O)c3ccccc3C2(O)c2ccc3c(c2)NC(=O)CO3)c1. The van der Waals surface area contributed by atoms with Gasteiger partial charge < -0.3 is 15.2 Å².